The molecule has 0 amide bonds. The van der Waals surface area contributed by atoms with Gasteiger partial charge in [0, 0.05) is 11.9 Å². The maximum atomic E-state index is 12.0. The summed E-state index contributed by atoms with van der Waals surface area (Å²) in [5, 5.41) is 22.6. The van der Waals surface area contributed by atoms with Crippen molar-refractivity contribution in [2.24, 2.45) is 52.3 Å². The van der Waals surface area contributed by atoms with E-state index in [1.165, 1.54) is 0 Å². The normalized spacial score (nSPS) is 57.9. The number of hydrogen-bond donors (Lipinski definition) is 2. The summed E-state index contributed by atoms with van der Waals surface area (Å²) in [6, 6.07) is 0. The molecule has 3 nitrogen and oxygen atoms in total. The molecule has 1 unspecified atom stereocenters. The molecule has 0 aliphatic heterocycles. The lowest BCUT2D eigenvalue weighted by molar-refractivity contribution is -0.203. The highest BCUT2D eigenvalue weighted by atomic mass is 16.3. The second-order valence-corrected chi connectivity index (χ2v) is 11.8. The van der Waals surface area contributed by atoms with E-state index in [1.54, 1.807) is 6.92 Å². The first-order valence-electron chi connectivity index (χ1n) is 14.9. The molecule has 0 heterocycles. The number of aliphatic hydroxyl groups is 2. The monoisotopic (exact) mass is 423 g/mol. The first-order chi connectivity index (χ1) is 16.0. The van der Waals surface area contributed by atoms with Gasteiger partial charge in [-0.15, -0.1) is 0 Å². The van der Waals surface area contributed by atoms with Crippen LogP contribution in [0.15, 0.2) is 0 Å². The molecule has 30 heavy (non-hydrogen) atoms. The molecule has 4 aliphatic carbocycles. The van der Waals surface area contributed by atoms with Crippen LogP contribution in [0.3, 0.4) is 0 Å². The van der Waals surface area contributed by atoms with Gasteiger partial charge < -0.3 is 15.0 Å². The van der Waals surface area contributed by atoms with E-state index in [4.69, 9.17) is 5.48 Å². The Bertz CT molecular complexity index is 815. The van der Waals surface area contributed by atoms with Crippen molar-refractivity contribution < 1.29 is 21.9 Å². The number of aliphatic hydroxyl groups excluding tert-OH is 1. The van der Waals surface area contributed by atoms with Gasteiger partial charge in [-0.3, -0.25) is 0 Å². The van der Waals surface area contributed by atoms with Gasteiger partial charge in [0.1, 0.15) is 5.78 Å². The highest BCUT2D eigenvalue weighted by Gasteiger charge is 2.64. The fourth-order valence-corrected chi connectivity index (χ4v) is 8.89. The van der Waals surface area contributed by atoms with Crippen LogP contribution < -0.4 is 0 Å². The number of fused-ring (bicyclic) bond motifs is 5. The molecule has 4 rings (SSSR count). The van der Waals surface area contributed by atoms with Crippen molar-refractivity contribution in [2.75, 3.05) is 0 Å². The van der Waals surface area contributed by atoms with Gasteiger partial charge in [0.15, 0.2) is 0 Å². The molecule has 2 N–H and O–H groups in total. The van der Waals surface area contributed by atoms with Crippen LogP contribution in [0.25, 0.3) is 0 Å². The van der Waals surface area contributed by atoms with Gasteiger partial charge in [0.2, 0.25) is 0 Å². The molecule has 0 aromatic carbocycles. The van der Waals surface area contributed by atoms with Crippen molar-refractivity contribution in [1.29, 1.82) is 0 Å². The highest BCUT2D eigenvalue weighted by Crippen LogP contribution is 2.69. The van der Waals surface area contributed by atoms with Gasteiger partial charge in [0.25, 0.3) is 0 Å². The molecule has 4 aliphatic rings. The zero-order chi connectivity index (χ0) is 26.1. The smallest absolute Gasteiger partial charge is 0.129 e. The van der Waals surface area contributed by atoms with Crippen LogP contribution in [0.4, 0.5) is 0 Å². The maximum absolute atomic E-state index is 12.0. The molecular formula is C27H46O3. The van der Waals surface area contributed by atoms with Crippen LogP contribution in [-0.4, -0.2) is 28.2 Å². The maximum Gasteiger partial charge on any atom is 0.129 e. The summed E-state index contributed by atoms with van der Waals surface area (Å²) < 4.78 is 42.2. The van der Waals surface area contributed by atoms with E-state index in [9.17, 15) is 16.4 Å². The second kappa shape index (κ2) is 8.18. The first-order valence-corrected chi connectivity index (χ1v) is 12.4. The van der Waals surface area contributed by atoms with Gasteiger partial charge in [-0.25, -0.2) is 0 Å². The Labute approximate surface area is 191 Å². The van der Waals surface area contributed by atoms with Gasteiger partial charge in [0.05, 0.1) is 13.6 Å². The third-order valence-electron chi connectivity index (χ3n) is 10.5. The molecule has 0 spiro atoms. The van der Waals surface area contributed by atoms with Gasteiger partial charge in [-0.1, -0.05) is 34.0 Å². The predicted molar refractivity (Wildman–Crippen MR) is 121 cm³/mol. The fraction of sp³-hybridized carbons (Fsp3) is 0.963. The van der Waals surface area contributed by atoms with E-state index >= 15 is 0 Å². The molecule has 0 aromatic heterocycles. The van der Waals surface area contributed by atoms with Crippen molar-refractivity contribution in [3.63, 3.8) is 0 Å². The van der Waals surface area contributed by atoms with Gasteiger partial charge >= 0.3 is 0 Å². The Morgan fingerprint density at radius 2 is 1.83 bits per heavy atom. The Kier molecular flexibility index (Phi) is 4.67. The van der Waals surface area contributed by atoms with E-state index in [1.807, 2.05) is 0 Å². The van der Waals surface area contributed by atoms with Crippen molar-refractivity contribution >= 4 is 5.78 Å². The molecule has 0 saturated heterocycles. The number of carbonyl (C=O) groups is 1. The zero-order valence-electron chi connectivity index (χ0n) is 24.4. The van der Waals surface area contributed by atoms with E-state index in [0.29, 0.717) is 31.1 Å². The number of carbonyl (C=O) groups excluding carboxylic acids is 1. The number of hydrogen-bond acceptors (Lipinski definition) is 3. The molecule has 0 aromatic rings. The topological polar surface area (TPSA) is 57.5 Å². The highest BCUT2D eigenvalue weighted by molar-refractivity contribution is 5.75. The summed E-state index contributed by atoms with van der Waals surface area (Å²) in [6.07, 6.45) is 2.88. The van der Waals surface area contributed by atoms with Gasteiger partial charge in [-0.05, 0) is 111 Å². The van der Waals surface area contributed by atoms with Crippen LogP contribution >= 0.6 is 0 Å². The summed E-state index contributed by atoms with van der Waals surface area (Å²) in [5.41, 5.74) is -0.349. The van der Waals surface area contributed by atoms with Crippen LogP contribution in [0, 0.1) is 52.3 Å². The largest absolute Gasteiger partial charge is 0.393 e. The number of rotatable bonds is 5. The molecule has 3 heteroatoms. The van der Waals surface area contributed by atoms with Crippen LogP contribution in [0.1, 0.15) is 106 Å². The lowest BCUT2D eigenvalue weighted by Gasteiger charge is -2.64. The Morgan fingerprint density at radius 1 is 1.13 bits per heavy atom. The molecule has 12 atom stereocenters. The molecule has 0 radical (unpaired) electrons. The zero-order valence-corrected chi connectivity index (χ0v) is 19.4. The van der Waals surface area contributed by atoms with Crippen LogP contribution in [-0.2, 0) is 4.79 Å². The summed E-state index contributed by atoms with van der Waals surface area (Å²) >= 11 is 0. The first kappa shape index (κ1) is 17.1. The van der Waals surface area contributed by atoms with Crippen LogP contribution in [0.2, 0.25) is 0 Å². The average Bonchev–Trinajstić information content (AvgIpc) is 3.09. The van der Waals surface area contributed by atoms with Crippen LogP contribution in [0.5, 0.6) is 0 Å². The average molecular weight is 424 g/mol. The summed E-state index contributed by atoms with van der Waals surface area (Å²) in [4.78, 5) is 11.6. The third kappa shape index (κ3) is 3.41. The standard InChI is InChI=1S/C27H46O3/c1-6-19-23-15-18(29)11-13-27(23,5)22-12-14-26(4)20(16(2)7-8-17(3)28)9-10-21(26)24(22)25(19)30/h16,18-25,29-30H,6-15H2,1-5H3/t16-,18-,19-,20-,21+,22+,23+,24+,25-,26-,27-/m1/s1/i1D3,6D,25D/t6?,16-,18-,19-,20-,21+,22+,23+,24+,25-,26-,27-. The van der Waals surface area contributed by atoms with E-state index in [-0.39, 0.29) is 40.3 Å². The van der Waals surface area contributed by atoms with E-state index < -0.39 is 31.4 Å². The summed E-state index contributed by atoms with van der Waals surface area (Å²) in [5.74, 6) is -0.556. The molecule has 4 saturated carbocycles. The molecule has 172 valence electrons. The lowest BCUT2D eigenvalue weighted by Crippen LogP contribution is -2.62. The predicted octanol–water partition coefficient (Wildman–Crippen LogP) is 5.62. The van der Waals surface area contributed by atoms with E-state index in [0.717, 1.165) is 38.5 Å². The lowest BCUT2D eigenvalue weighted by atomic mass is 9.41. The minimum Gasteiger partial charge on any atom is -0.393 e. The number of Topliss-reactive ketones (excluding diaryl/α,β-unsaturated/α-hetero) is 1. The minimum atomic E-state index is -2.59. The van der Waals surface area contributed by atoms with Crippen molar-refractivity contribution in [2.45, 2.75) is 111 Å². The SMILES string of the molecule is [2H]C([C@@H]1[C@@H]2C[C@H](O)CC[C@]2(C)[C@H]2CC[C@]3(C)[C@@H]([C@H](C)CCC(C)=O)CC[C@H]3[C@@H]2[C@]1([2H])O)C([2H])([2H])[2H]. The van der Waals surface area contributed by atoms with Crippen molar-refractivity contribution in [1.82, 2.24) is 0 Å². The quantitative estimate of drug-likeness (QED) is 0.603. The fourth-order valence-electron chi connectivity index (χ4n) is 8.89. The van der Waals surface area contributed by atoms with E-state index in [2.05, 4.69) is 20.8 Å². The molecule has 4 fully saturated rings. The Hall–Kier alpha value is -0.410. The summed E-state index contributed by atoms with van der Waals surface area (Å²) in [7, 11) is 0. The van der Waals surface area contributed by atoms with Gasteiger partial charge in [-0.2, -0.15) is 0 Å². The second-order valence-electron chi connectivity index (χ2n) is 11.8. The minimum absolute atomic E-state index is 0.0637. The molecular weight excluding hydrogens is 372 g/mol. The van der Waals surface area contributed by atoms with Crippen molar-refractivity contribution in [3.8, 4) is 0 Å². The third-order valence-corrected chi connectivity index (χ3v) is 10.5. The Morgan fingerprint density at radius 3 is 2.53 bits per heavy atom. The summed E-state index contributed by atoms with van der Waals surface area (Å²) in [6.45, 7) is 5.79. The Balaban J connectivity index is 1.74. The van der Waals surface area contributed by atoms with Crippen molar-refractivity contribution in [3.05, 3.63) is 0 Å². The molecule has 0 bridgehead atoms. The number of ketones is 1.